The number of pyridine rings is 1. The summed E-state index contributed by atoms with van der Waals surface area (Å²) in [5, 5.41) is 0. The molecular weight excluding hydrogens is 430 g/mol. The van der Waals surface area contributed by atoms with Crippen LogP contribution in [0.5, 0.6) is 23.1 Å². The molecule has 174 valence electrons. The Kier molecular flexibility index (Phi) is 7.22. The van der Waals surface area contributed by atoms with Crippen molar-refractivity contribution < 1.29 is 19.1 Å². The number of hydrogen-bond acceptors (Lipinski definition) is 6. The van der Waals surface area contributed by atoms with E-state index in [0.717, 1.165) is 25.1 Å². The zero-order valence-corrected chi connectivity index (χ0v) is 18.9. The van der Waals surface area contributed by atoms with Gasteiger partial charge in [-0.15, -0.1) is 0 Å². The smallest absolute Gasteiger partial charge is 0.254 e. The van der Waals surface area contributed by atoms with Gasteiger partial charge in [-0.2, -0.15) is 4.98 Å². The van der Waals surface area contributed by atoms with Crippen LogP contribution in [0.3, 0.4) is 0 Å². The standard InChI is InChI=1S/C27H27N3O4/c1-2-20(31)17-19-7-6-16-30(18-19)25-15-14-24(26(28)32)27(29-25)34-23-12-10-22(11-13-23)33-21-8-4-3-5-9-21/h2-5,8-15,19H,1,6-7,16-18H2,(H2,28,32)/t19-/m1/s1. The number of ether oxygens (including phenoxy) is 2. The monoisotopic (exact) mass is 457 g/mol. The van der Waals surface area contributed by atoms with Crippen molar-refractivity contribution in [3.05, 3.63) is 84.9 Å². The lowest BCUT2D eigenvalue weighted by atomic mass is 9.93. The summed E-state index contributed by atoms with van der Waals surface area (Å²) >= 11 is 0. The van der Waals surface area contributed by atoms with Crippen LogP contribution in [-0.2, 0) is 4.79 Å². The number of amides is 1. The van der Waals surface area contributed by atoms with Crippen LogP contribution >= 0.6 is 0 Å². The summed E-state index contributed by atoms with van der Waals surface area (Å²) in [7, 11) is 0. The number of aromatic nitrogens is 1. The lowest BCUT2D eigenvalue weighted by Crippen LogP contribution is -2.36. The molecule has 2 N–H and O–H groups in total. The van der Waals surface area contributed by atoms with Crippen molar-refractivity contribution in [1.29, 1.82) is 0 Å². The number of carbonyl (C=O) groups excluding carboxylic acids is 2. The number of piperidine rings is 1. The second-order valence-electron chi connectivity index (χ2n) is 8.20. The fourth-order valence-corrected chi connectivity index (χ4v) is 3.99. The van der Waals surface area contributed by atoms with Crippen molar-refractivity contribution in [2.45, 2.75) is 19.3 Å². The fraction of sp³-hybridized carbons (Fsp3) is 0.222. The highest BCUT2D eigenvalue weighted by Gasteiger charge is 2.24. The highest BCUT2D eigenvalue weighted by Crippen LogP contribution is 2.31. The van der Waals surface area contributed by atoms with Crippen LogP contribution in [0.1, 0.15) is 29.6 Å². The first kappa shape index (κ1) is 23.0. The minimum Gasteiger partial charge on any atom is -0.457 e. The van der Waals surface area contributed by atoms with Gasteiger partial charge in [-0.25, -0.2) is 0 Å². The van der Waals surface area contributed by atoms with Crippen molar-refractivity contribution in [2.75, 3.05) is 18.0 Å². The summed E-state index contributed by atoms with van der Waals surface area (Å²) in [5.41, 5.74) is 5.76. The molecule has 7 nitrogen and oxygen atoms in total. The van der Waals surface area contributed by atoms with Gasteiger partial charge in [0.2, 0.25) is 5.88 Å². The molecule has 2 heterocycles. The molecule has 0 saturated carbocycles. The Morgan fingerprint density at radius 2 is 1.68 bits per heavy atom. The second kappa shape index (κ2) is 10.7. The predicted molar refractivity (Wildman–Crippen MR) is 131 cm³/mol. The number of nitrogens with zero attached hydrogens (tertiary/aromatic N) is 2. The molecule has 1 aliphatic heterocycles. The Morgan fingerprint density at radius 3 is 2.35 bits per heavy atom. The summed E-state index contributed by atoms with van der Waals surface area (Å²) in [4.78, 5) is 30.5. The normalized spacial score (nSPS) is 15.4. The van der Waals surface area contributed by atoms with Gasteiger partial charge in [-0.1, -0.05) is 24.8 Å². The Balaban J connectivity index is 1.50. The molecule has 4 rings (SSSR count). The molecule has 1 fully saturated rings. The van der Waals surface area contributed by atoms with E-state index in [2.05, 4.69) is 16.5 Å². The lowest BCUT2D eigenvalue weighted by molar-refractivity contribution is -0.115. The van der Waals surface area contributed by atoms with E-state index in [4.69, 9.17) is 15.2 Å². The number of ketones is 1. The highest BCUT2D eigenvalue weighted by atomic mass is 16.5. The van der Waals surface area contributed by atoms with Crippen molar-refractivity contribution >= 4 is 17.5 Å². The number of rotatable bonds is 9. The van der Waals surface area contributed by atoms with E-state index in [1.807, 2.05) is 30.3 Å². The van der Waals surface area contributed by atoms with Crippen LogP contribution in [0, 0.1) is 5.92 Å². The van der Waals surface area contributed by atoms with Crippen molar-refractivity contribution in [3.8, 4) is 23.1 Å². The van der Waals surface area contributed by atoms with Gasteiger partial charge in [-0.05, 0) is 73.4 Å². The molecule has 0 bridgehead atoms. The molecule has 3 aromatic rings. The van der Waals surface area contributed by atoms with Gasteiger partial charge in [0.15, 0.2) is 5.78 Å². The largest absolute Gasteiger partial charge is 0.457 e. The zero-order valence-electron chi connectivity index (χ0n) is 18.9. The number of hydrogen-bond donors (Lipinski definition) is 1. The molecule has 2 aromatic carbocycles. The number of carbonyl (C=O) groups is 2. The molecule has 0 spiro atoms. The molecule has 1 aromatic heterocycles. The van der Waals surface area contributed by atoms with Crippen molar-refractivity contribution in [2.24, 2.45) is 11.7 Å². The van der Waals surface area contributed by atoms with Gasteiger partial charge < -0.3 is 20.1 Å². The summed E-state index contributed by atoms with van der Waals surface area (Å²) in [5.74, 6) is 2.38. The Morgan fingerprint density at radius 1 is 1.00 bits per heavy atom. The molecular formula is C27H27N3O4. The Bertz CT molecular complexity index is 1160. The summed E-state index contributed by atoms with van der Waals surface area (Å²) in [6, 6.07) is 19.9. The number of anilines is 1. The van der Waals surface area contributed by atoms with E-state index in [-0.39, 0.29) is 23.1 Å². The van der Waals surface area contributed by atoms with E-state index in [0.29, 0.717) is 30.3 Å². The summed E-state index contributed by atoms with van der Waals surface area (Å²) < 4.78 is 11.8. The van der Waals surface area contributed by atoms with Gasteiger partial charge in [0.25, 0.3) is 5.91 Å². The number of nitrogens with two attached hydrogens (primary N) is 1. The first-order valence-electron chi connectivity index (χ1n) is 11.2. The van der Waals surface area contributed by atoms with Gasteiger partial charge in [0.05, 0.1) is 0 Å². The van der Waals surface area contributed by atoms with E-state index >= 15 is 0 Å². The van der Waals surface area contributed by atoms with Gasteiger partial charge >= 0.3 is 0 Å². The maximum atomic E-state index is 12.0. The van der Waals surface area contributed by atoms with Gasteiger partial charge in [0, 0.05) is 19.5 Å². The van der Waals surface area contributed by atoms with E-state index in [1.54, 1.807) is 36.4 Å². The van der Waals surface area contributed by atoms with Crippen LogP contribution in [0.15, 0.2) is 79.4 Å². The zero-order chi connectivity index (χ0) is 23.9. The third-order valence-electron chi connectivity index (χ3n) is 5.69. The molecule has 0 unspecified atom stereocenters. The van der Waals surface area contributed by atoms with Crippen LogP contribution < -0.4 is 20.1 Å². The molecule has 1 atom stereocenters. The maximum Gasteiger partial charge on any atom is 0.254 e. The Labute approximate surface area is 198 Å². The van der Waals surface area contributed by atoms with Crippen molar-refractivity contribution in [1.82, 2.24) is 4.98 Å². The van der Waals surface area contributed by atoms with Crippen molar-refractivity contribution in [3.63, 3.8) is 0 Å². The third-order valence-corrected chi connectivity index (χ3v) is 5.69. The van der Waals surface area contributed by atoms with E-state index in [9.17, 15) is 9.59 Å². The molecule has 0 aliphatic carbocycles. The fourth-order valence-electron chi connectivity index (χ4n) is 3.99. The molecule has 7 heteroatoms. The number of benzene rings is 2. The molecule has 34 heavy (non-hydrogen) atoms. The molecule has 0 radical (unpaired) electrons. The number of primary amides is 1. The third kappa shape index (κ3) is 5.81. The first-order valence-corrected chi connectivity index (χ1v) is 11.2. The highest BCUT2D eigenvalue weighted by molar-refractivity contribution is 5.95. The molecule has 1 amide bonds. The maximum absolute atomic E-state index is 12.0. The predicted octanol–water partition coefficient (Wildman–Crippen LogP) is 5.13. The first-order chi connectivity index (χ1) is 16.5. The minimum atomic E-state index is -0.619. The Hall–Kier alpha value is -4.13. The van der Waals surface area contributed by atoms with Gasteiger partial charge in [0.1, 0.15) is 28.6 Å². The summed E-state index contributed by atoms with van der Waals surface area (Å²) in [6.07, 6.45) is 3.78. The lowest BCUT2D eigenvalue weighted by Gasteiger charge is -2.33. The SMILES string of the molecule is C=CC(=O)C[C@H]1CCCN(c2ccc(C(N)=O)c(Oc3ccc(Oc4ccccc4)cc3)n2)C1. The molecule has 1 saturated heterocycles. The number of para-hydroxylation sites is 1. The van der Waals surface area contributed by atoms with Crippen LogP contribution in [0.25, 0.3) is 0 Å². The average Bonchev–Trinajstić information content (AvgIpc) is 2.86. The quantitative estimate of drug-likeness (QED) is 0.448. The average molecular weight is 458 g/mol. The second-order valence-corrected chi connectivity index (χ2v) is 8.20. The van der Waals surface area contributed by atoms with Crippen LogP contribution in [0.2, 0.25) is 0 Å². The topological polar surface area (TPSA) is 94.8 Å². The minimum absolute atomic E-state index is 0.0487. The van der Waals surface area contributed by atoms with Crippen LogP contribution in [0.4, 0.5) is 5.82 Å². The van der Waals surface area contributed by atoms with E-state index < -0.39 is 5.91 Å². The summed E-state index contributed by atoms with van der Waals surface area (Å²) in [6.45, 7) is 5.08. The van der Waals surface area contributed by atoms with Crippen LogP contribution in [-0.4, -0.2) is 29.8 Å². The van der Waals surface area contributed by atoms with Gasteiger partial charge in [-0.3, -0.25) is 9.59 Å². The van der Waals surface area contributed by atoms with E-state index in [1.165, 1.54) is 6.08 Å². The number of allylic oxidation sites excluding steroid dienone is 1. The molecule has 1 aliphatic rings.